The zero-order valence-corrected chi connectivity index (χ0v) is 17.7. The van der Waals surface area contributed by atoms with Crippen LogP contribution in [0.25, 0.3) is 0 Å². The molecule has 0 radical (unpaired) electrons. The summed E-state index contributed by atoms with van der Waals surface area (Å²) in [4.78, 5) is 24.2. The summed E-state index contributed by atoms with van der Waals surface area (Å²) in [5, 5.41) is 0. The minimum absolute atomic E-state index is 0.0598. The minimum Gasteiger partial charge on any atom is -0.462 e. The van der Waals surface area contributed by atoms with Gasteiger partial charge in [0.05, 0.1) is 5.41 Å². The number of ether oxygens (including phenoxy) is 2. The Labute approximate surface area is 155 Å². The first-order valence-corrected chi connectivity index (χ1v) is 10.1. The second-order valence-electron chi connectivity index (χ2n) is 7.83. The van der Waals surface area contributed by atoms with Crippen molar-refractivity contribution in [1.29, 1.82) is 0 Å². The summed E-state index contributed by atoms with van der Waals surface area (Å²) < 4.78 is 11.0. The molecule has 4 heteroatoms. The molecule has 0 amide bonds. The second kappa shape index (κ2) is 11.5. The molecule has 0 aromatic carbocycles. The summed E-state index contributed by atoms with van der Waals surface area (Å²) in [7, 11) is 0. The lowest BCUT2D eigenvalue weighted by molar-refractivity contribution is -0.162. The Hall–Kier alpha value is -1.06. The first kappa shape index (κ1) is 23.9. The molecule has 0 aromatic rings. The molecule has 148 valence electrons. The van der Waals surface area contributed by atoms with Crippen LogP contribution in [0.4, 0.5) is 0 Å². The van der Waals surface area contributed by atoms with Gasteiger partial charge in [0.25, 0.3) is 0 Å². The number of esters is 2. The van der Waals surface area contributed by atoms with Crippen molar-refractivity contribution in [3.63, 3.8) is 0 Å². The van der Waals surface area contributed by atoms with Crippen molar-refractivity contribution in [2.75, 3.05) is 0 Å². The molecule has 1 fully saturated rings. The maximum atomic E-state index is 12.3. The van der Waals surface area contributed by atoms with Crippen LogP contribution < -0.4 is 0 Å². The van der Waals surface area contributed by atoms with Gasteiger partial charge in [0.2, 0.25) is 0 Å². The van der Waals surface area contributed by atoms with Crippen LogP contribution in [-0.2, 0) is 19.1 Å². The molecule has 0 saturated heterocycles. The molecule has 0 aromatic heterocycles. The van der Waals surface area contributed by atoms with Gasteiger partial charge in [0, 0.05) is 6.42 Å². The highest BCUT2D eigenvalue weighted by atomic mass is 16.5. The molecule has 0 spiro atoms. The number of hydrogen-bond acceptors (Lipinski definition) is 4. The van der Waals surface area contributed by atoms with Crippen LogP contribution in [0.3, 0.4) is 0 Å². The average molecular weight is 357 g/mol. The van der Waals surface area contributed by atoms with Crippen molar-refractivity contribution in [3.8, 4) is 0 Å². The van der Waals surface area contributed by atoms with Gasteiger partial charge >= 0.3 is 11.9 Å². The molecule has 1 aliphatic carbocycles. The molecule has 0 heterocycles. The standard InChI is InChI=1S/C19H34O4.C2H6/c1-13(2)15(4)22-17(20)10-9-14(3)16(5)23-18(21)19(6)11-7-8-12-19;1-2/h13-16H,7-12H2,1-6H3;1-2H3. The maximum Gasteiger partial charge on any atom is 0.312 e. The second-order valence-corrected chi connectivity index (χ2v) is 7.83. The smallest absolute Gasteiger partial charge is 0.312 e. The van der Waals surface area contributed by atoms with Gasteiger partial charge in [0.1, 0.15) is 12.2 Å². The molecule has 0 aliphatic heterocycles. The van der Waals surface area contributed by atoms with Gasteiger partial charge < -0.3 is 9.47 Å². The van der Waals surface area contributed by atoms with Gasteiger partial charge in [-0.25, -0.2) is 0 Å². The summed E-state index contributed by atoms with van der Waals surface area (Å²) in [5.41, 5.74) is -0.306. The third kappa shape index (κ3) is 8.24. The predicted octanol–water partition coefficient (Wildman–Crippen LogP) is 5.53. The third-order valence-electron chi connectivity index (χ3n) is 5.35. The quantitative estimate of drug-likeness (QED) is 0.537. The molecule has 1 aliphatic rings. The Morgan fingerprint density at radius 3 is 1.92 bits per heavy atom. The molecule has 25 heavy (non-hydrogen) atoms. The maximum absolute atomic E-state index is 12.3. The van der Waals surface area contributed by atoms with Crippen molar-refractivity contribution in [2.45, 2.75) is 106 Å². The van der Waals surface area contributed by atoms with E-state index in [4.69, 9.17) is 9.47 Å². The largest absolute Gasteiger partial charge is 0.462 e. The number of carbonyl (C=O) groups is 2. The van der Waals surface area contributed by atoms with Gasteiger partial charge in [-0.3, -0.25) is 9.59 Å². The summed E-state index contributed by atoms with van der Waals surface area (Å²) >= 11 is 0. The van der Waals surface area contributed by atoms with Crippen molar-refractivity contribution in [1.82, 2.24) is 0 Å². The number of hydrogen-bond donors (Lipinski definition) is 0. The molecule has 0 bridgehead atoms. The average Bonchev–Trinajstić information content (AvgIpc) is 3.02. The summed E-state index contributed by atoms with van der Waals surface area (Å²) in [6, 6.07) is 0. The van der Waals surface area contributed by atoms with E-state index in [1.165, 1.54) is 0 Å². The van der Waals surface area contributed by atoms with Crippen LogP contribution in [-0.4, -0.2) is 24.1 Å². The summed E-state index contributed by atoms with van der Waals surface area (Å²) in [5.74, 6) is 0.221. The molecular weight excluding hydrogens is 316 g/mol. The zero-order chi connectivity index (χ0) is 19.6. The third-order valence-corrected chi connectivity index (χ3v) is 5.35. The van der Waals surface area contributed by atoms with Gasteiger partial charge in [0.15, 0.2) is 0 Å². The van der Waals surface area contributed by atoms with Gasteiger partial charge in [-0.2, -0.15) is 0 Å². The molecular formula is C21H40O4. The fourth-order valence-electron chi connectivity index (χ4n) is 2.77. The monoisotopic (exact) mass is 356 g/mol. The molecule has 4 nitrogen and oxygen atoms in total. The Bertz CT molecular complexity index is 397. The van der Waals surface area contributed by atoms with E-state index in [1.54, 1.807) is 0 Å². The number of carbonyl (C=O) groups excluding carboxylic acids is 2. The highest BCUT2D eigenvalue weighted by Crippen LogP contribution is 2.39. The molecule has 1 saturated carbocycles. The molecule has 0 N–H and O–H groups in total. The Balaban J connectivity index is 0.00000277. The van der Waals surface area contributed by atoms with E-state index in [1.807, 2.05) is 55.4 Å². The van der Waals surface area contributed by atoms with E-state index in [2.05, 4.69) is 0 Å². The lowest BCUT2D eigenvalue weighted by Crippen LogP contribution is -2.32. The molecule has 1 rings (SSSR count). The van der Waals surface area contributed by atoms with Crippen molar-refractivity contribution < 1.29 is 19.1 Å². The number of rotatable bonds is 8. The van der Waals surface area contributed by atoms with E-state index in [-0.39, 0.29) is 35.5 Å². The van der Waals surface area contributed by atoms with Crippen LogP contribution in [0.5, 0.6) is 0 Å². The van der Waals surface area contributed by atoms with Gasteiger partial charge in [-0.1, -0.05) is 47.5 Å². The Kier molecular flexibility index (Phi) is 11.0. The van der Waals surface area contributed by atoms with Gasteiger partial charge in [-0.15, -0.1) is 0 Å². The molecule has 3 atom stereocenters. The van der Waals surface area contributed by atoms with Crippen LogP contribution in [0.15, 0.2) is 0 Å². The summed E-state index contributed by atoms with van der Waals surface area (Å²) in [6.45, 7) is 15.9. The van der Waals surface area contributed by atoms with Gasteiger partial charge in [-0.05, 0) is 51.9 Å². The van der Waals surface area contributed by atoms with E-state index < -0.39 is 0 Å². The van der Waals surface area contributed by atoms with Crippen LogP contribution in [0.1, 0.15) is 93.9 Å². The Morgan fingerprint density at radius 1 is 0.920 bits per heavy atom. The Morgan fingerprint density at radius 2 is 1.44 bits per heavy atom. The van der Waals surface area contributed by atoms with Crippen LogP contribution in [0.2, 0.25) is 0 Å². The first-order chi connectivity index (χ1) is 11.7. The van der Waals surface area contributed by atoms with Crippen LogP contribution in [0, 0.1) is 17.3 Å². The normalized spacial score (nSPS) is 19.4. The van der Waals surface area contributed by atoms with Crippen molar-refractivity contribution in [2.24, 2.45) is 17.3 Å². The topological polar surface area (TPSA) is 52.6 Å². The van der Waals surface area contributed by atoms with Crippen LogP contribution >= 0.6 is 0 Å². The fraction of sp³-hybridized carbons (Fsp3) is 0.905. The highest BCUT2D eigenvalue weighted by molar-refractivity contribution is 5.76. The summed E-state index contributed by atoms with van der Waals surface area (Å²) in [6.07, 6.45) is 4.88. The fourth-order valence-corrected chi connectivity index (χ4v) is 2.77. The minimum atomic E-state index is -0.306. The lowest BCUT2D eigenvalue weighted by atomic mass is 9.89. The zero-order valence-electron chi connectivity index (χ0n) is 17.7. The molecule has 3 unspecified atom stereocenters. The van der Waals surface area contributed by atoms with E-state index in [0.717, 1.165) is 25.7 Å². The first-order valence-electron chi connectivity index (χ1n) is 10.1. The van der Waals surface area contributed by atoms with Crippen molar-refractivity contribution in [3.05, 3.63) is 0 Å². The van der Waals surface area contributed by atoms with E-state index >= 15 is 0 Å². The van der Waals surface area contributed by atoms with E-state index in [9.17, 15) is 9.59 Å². The van der Waals surface area contributed by atoms with E-state index in [0.29, 0.717) is 18.8 Å². The van der Waals surface area contributed by atoms with Crippen molar-refractivity contribution >= 4 is 11.9 Å². The highest BCUT2D eigenvalue weighted by Gasteiger charge is 2.38. The SMILES string of the molecule is CC.CC(C)C(C)OC(=O)CCC(C)C(C)OC(=O)C1(C)CCCC1. The lowest BCUT2D eigenvalue weighted by Gasteiger charge is -2.27. The predicted molar refractivity (Wildman–Crippen MR) is 102 cm³/mol.